The number of hydrogen-bond acceptors (Lipinski definition) is 5. The van der Waals surface area contributed by atoms with Crippen LogP contribution >= 0.6 is 0 Å². The highest BCUT2D eigenvalue weighted by atomic mass is 16.5. The Morgan fingerprint density at radius 1 is 0.929 bits per heavy atom. The molecule has 0 radical (unpaired) electrons. The lowest BCUT2D eigenvalue weighted by Gasteiger charge is -2.40. The molecule has 1 aliphatic heterocycles. The molecular formula is C23H31NO4. The van der Waals surface area contributed by atoms with Gasteiger partial charge in [0.15, 0.2) is 11.5 Å². The van der Waals surface area contributed by atoms with E-state index in [1.807, 2.05) is 12.1 Å². The second-order valence-corrected chi connectivity index (χ2v) is 7.51. The molecule has 1 saturated heterocycles. The van der Waals surface area contributed by atoms with Crippen LogP contribution in [0.25, 0.3) is 0 Å². The normalized spacial score (nSPS) is 20.2. The van der Waals surface area contributed by atoms with Gasteiger partial charge in [-0.3, -0.25) is 4.90 Å². The maximum Gasteiger partial charge on any atom is 0.203 e. The molecule has 2 aromatic rings. The van der Waals surface area contributed by atoms with Crippen molar-refractivity contribution >= 4 is 0 Å². The molecule has 0 aliphatic carbocycles. The molecule has 28 heavy (non-hydrogen) atoms. The van der Waals surface area contributed by atoms with Crippen molar-refractivity contribution in [3.63, 3.8) is 0 Å². The smallest absolute Gasteiger partial charge is 0.203 e. The van der Waals surface area contributed by atoms with Crippen LogP contribution in [-0.2, 0) is 11.3 Å². The Morgan fingerprint density at radius 3 is 2.25 bits per heavy atom. The molecule has 0 spiro atoms. The number of hydrogen-bond donors (Lipinski definition) is 0. The lowest BCUT2D eigenvalue weighted by molar-refractivity contribution is -0.108. The first-order chi connectivity index (χ1) is 13.6. The number of benzene rings is 2. The van der Waals surface area contributed by atoms with E-state index < -0.39 is 0 Å². The molecule has 0 bridgehead atoms. The molecule has 0 aromatic heterocycles. The van der Waals surface area contributed by atoms with E-state index in [4.69, 9.17) is 18.9 Å². The summed E-state index contributed by atoms with van der Waals surface area (Å²) in [5, 5.41) is 0. The minimum atomic E-state index is 0.0634. The van der Waals surface area contributed by atoms with Crippen LogP contribution in [0.1, 0.15) is 31.1 Å². The topological polar surface area (TPSA) is 40.2 Å². The molecule has 2 aromatic carbocycles. The number of nitrogens with zero attached hydrogens (tertiary/aromatic N) is 1. The molecule has 0 unspecified atom stereocenters. The molecule has 1 heterocycles. The third-order valence-corrected chi connectivity index (χ3v) is 5.30. The van der Waals surface area contributed by atoms with E-state index in [2.05, 4.69) is 49.1 Å². The largest absolute Gasteiger partial charge is 0.493 e. The van der Waals surface area contributed by atoms with E-state index in [-0.39, 0.29) is 12.2 Å². The van der Waals surface area contributed by atoms with Crippen molar-refractivity contribution in [3.8, 4) is 17.2 Å². The van der Waals surface area contributed by atoms with Gasteiger partial charge in [-0.1, -0.05) is 50.2 Å². The molecule has 2 atom stereocenters. The fraction of sp³-hybridized carbons (Fsp3) is 0.478. The zero-order chi connectivity index (χ0) is 20.1. The minimum Gasteiger partial charge on any atom is -0.493 e. The van der Waals surface area contributed by atoms with Gasteiger partial charge in [0.2, 0.25) is 5.75 Å². The summed E-state index contributed by atoms with van der Waals surface area (Å²) in [5.74, 6) is 2.48. The fourth-order valence-corrected chi connectivity index (χ4v) is 3.74. The summed E-state index contributed by atoms with van der Waals surface area (Å²) in [6, 6.07) is 14.5. The summed E-state index contributed by atoms with van der Waals surface area (Å²) >= 11 is 0. The molecule has 5 nitrogen and oxygen atoms in total. The molecule has 5 heteroatoms. The monoisotopic (exact) mass is 385 g/mol. The van der Waals surface area contributed by atoms with Gasteiger partial charge in [0.25, 0.3) is 0 Å². The van der Waals surface area contributed by atoms with Crippen LogP contribution in [0.2, 0.25) is 0 Å². The van der Waals surface area contributed by atoms with Crippen LogP contribution in [0.3, 0.4) is 0 Å². The molecule has 1 aliphatic rings. The average Bonchev–Trinajstić information content (AvgIpc) is 2.73. The first-order valence-electron chi connectivity index (χ1n) is 9.78. The number of rotatable bonds is 7. The van der Waals surface area contributed by atoms with E-state index in [1.165, 1.54) is 5.56 Å². The van der Waals surface area contributed by atoms with Gasteiger partial charge < -0.3 is 18.9 Å². The number of methoxy groups -OCH3 is 3. The summed E-state index contributed by atoms with van der Waals surface area (Å²) in [6.07, 6.45) is 0.249. The van der Waals surface area contributed by atoms with Gasteiger partial charge in [0.05, 0.1) is 33.5 Å². The maximum absolute atomic E-state index is 6.42. The van der Waals surface area contributed by atoms with Crippen molar-refractivity contribution in [3.05, 3.63) is 53.6 Å². The highest BCUT2D eigenvalue weighted by Crippen LogP contribution is 2.40. The first kappa shape index (κ1) is 20.5. The zero-order valence-corrected chi connectivity index (χ0v) is 17.5. The molecular weight excluding hydrogens is 354 g/mol. The second-order valence-electron chi connectivity index (χ2n) is 7.51. The van der Waals surface area contributed by atoms with E-state index >= 15 is 0 Å². The Labute approximate surface area is 168 Å². The van der Waals surface area contributed by atoms with Gasteiger partial charge in [0, 0.05) is 25.2 Å². The SMILES string of the molecule is COc1ccc(CN2C[C@@H](c3ccccc3)O[C@@H](C(C)C)C2)c(OC)c1OC. The van der Waals surface area contributed by atoms with Crippen LogP contribution in [0.4, 0.5) is 0 Å². The lowest BCUT2D eigenvalue weighted by atomic mass is 10.0. The maximum atomic E-state index is 6.42. The summed E-state index contributed by atoms with van der Waals surface area (Å²) in [6.45, 7) is 6.92. The highest BCUT2D eigenvalue weighted by Gasteiger charge is 2.31. The van der Waals surface area contributed by atoms with Crippen LogP contribution in [0.5, 0.6) is 17.2 Å². The summed E-state index contributed by atoms with van der Waals surface area (Å²) < 4.78 is 23.0. The van der Waals surface area contributed by atoms with Crippen molar-refractivity contribution in [2.75, 3.05) is 34.4 Å². The van der Waals surface area contributed by atoms with E-state index in [9.17, 15) is 0 Å². The van der Waals surface area contributed by atoms with Crippen LogP contribution in [0.15, 0.2) is 42.5 Å². The Bertz CT molecular complexity index is 763. The fourth-order valence-electron chi connectivity index (χ4n) is 3.74. The Morgan fingerprint density at radius 2 is 1.64 bits per heavy atom. The van der Waals surface area contributed by atoms with Gasteiger partial charge in [-0.05, 0) is 17.5 Å². The Kier molecular flexibility index (Phi) is 6.81. The Hall–Kier alpha value is -2.24. The molecule has 0 amide bonds. The molecule has 152 valence electrons. The number of ether oxygens (including phenoxy) is 4. The zero-order valence-electron chi connectivity index (χ0n) is 17.5. The van der Waals surface area contributed by atoms with E-state index in [0.717, 1.165) is 30.9 Å². The Balaban J connectivity index is 1.86. The van der Waals surface area contributed by atoms with Crippen LogP contribution in [0, 0.1) is 5.92 Å². The summed E-state index contributed by atoms with van der Waals surface area (Å²) in [4.78, 5) is 2.44. The molecule has 3 rings (SSSR count). The highest BCUT2D eigenvalue weighted by molar-refractivity contribution is 5.55. The predicted molar refractivity (Wildman–Crippen MR) is 110 cm³/mol. The third-order valence-electron chi connectivity index (χ3n) is 5.30. The van der Waals surface area contributed by atoms with Gasteiger partial charge in [-0.25, -0.2) is 0 Å². The quantitative estimate of drug-likeness (QED) is 0.710. The molecule has 0 N–H and O–H groups in total. The van der Waals surface area contributed by atoms with Crippen molar-refractivity contribution < 1.29 is 18.9 Å². The molecule has 0 saturated carbocycles. The molecule has 1 fully saturated rings. The van der Waals surface area contributed by atoms with Gasteiger partial charge in [-0.15, -0.1) is 0 Å². The summed E-state index contributed by atoms with van der Waals surface area (Å²) in [5.41, 5.74) is 2.30. The minimum absolute atomic E-state index is 0.0634. The van der Waals surface area contributed by atoms with Crippen molar-refractivity contribution in [2.24, 2.45) is 5.92 Å². The standard InChI is InChI=1S/C23H31NO4/c1-16(2)20-14-24(15-21(28-20)17-9-7-6-8-10-17)13-18-11-12-19(25-3)23(27-5)22(18)26-4/h6-12,16,20-21H,13-15H2,1-5H3/t20-,21+/m1/s1. The average molecular weight is 386 g/mol. The van der Waals surface area contributed by atoms with Crippen molar-refractivity contribution in [1.29, 1.82) is 0 Å². The second kappa shape index (κ2) is 9.30. The predicted octanol–water partition coefficient (Wildman–Crippen LogP) is 4.31. The van der Waals surface area contributed by atoms with Gasteiger partial charge >= 0.3 is 0 Å². The third kappa shape index (κ3) is 4.42. The van der Waals surface area contributed by atoms with E-state index in [0.29, 0.717) is 17.4 Å². The first-order valence-corrected chi connectivity index (χ1v) is 9.78. The van der Waals surface area contributed by atoms with Crippen molar-refractivity contribution in [1.82, 2.24) is 4.90 Å². The van der Waals surface area contributed by atoms with Crippen molar-refractivity contribution in [2.45, 2.75) is 32.6 Å². The van der Waals surface area contributed by atoms with Crippen LogP contribution < -0.4 is 14.2 Å². The summed E-state index contributed by atoms with van der Waals surface area (Å²) in [7, 11) is 4.94. The lowest BCUT2D eigenvalue weighted by Crippen LogP contribution is -2.45. The van der Waals surface area contributed by atoms with Gasteiger partial charge in [0.1, 0.15) is 0 Å². The van der Waals surface area contributed by atoms with Crippen LogP contribution in [-0.4, -0.2) is 45.4 Å². The van der Waals surface area contributed by atoms with Gasteiger partial charge in [-0.2, -0.15) is 0 Å². The number of morpholine rings is 1. The van der Waals surface area contributed by atoms with E-state index in [1.54, 1.807) is 21.3 Å².